The smallest absolute Gasteiger partial charge is 1.00 e. The SMILES string of the molecule is Nc1ccc2cccc(S(=O)(=O)O)c2c1.[H-].[Na+]. The summed E-state index contributed by atoms with van der Waals surface area (Å²) in [7, 11) is -4.20. The first-order valence-electron chi connectivity index (χ1n) is 4.24. The van der Waals surface area contributed by atoms with E-state index >= 15 is 0 Å². The Bertz CT molecular complexity index is 630. The van der Waals surface area contributed by atoms with Crippen molar-refractivity contribution in [3.8, 4) is 0 Å². The molecule has 0 aliphatic rings. The molecule has 6 heteroatoms. The molecule has 0 amide bonds. The molecule has 0 aliphatic heterocycles. The normalized spacial score (nSPS) is 11.1. The van der Waals surface area contributed by atoms with Crippen LogP contribution in [0.1, 0.15) is 1.43 Å². The van der Waals surface area contributed by atoms with Crippen molar-refractivity contribution in [1.82, 2.24) is 0 Å². The summed E-state index contributed by atoms with van der Waals surface area (Å²) in [5.74, 6) is 0. The Morgan fingerprint density at radius 3 is 2.50 bits per heavy atom. The summed E-state index contributed by atoms with van der Waals surface area (Å²) < 4.78 is 31.2. The average molecular weight is 247 g/mol. The molecule has 80 valence electrons. The van der Waals surface area contributed by atoms with E-state index in [1.807, 2.05) is 0 Å². The fourth-order valence-electron chi connectivity index (χ4n) is 1.49. The molecule has 16 heavy (non-hydrogen) atoms. The Labute approximate surface area is 117 Å². The molecule has 0 aromatic heterocycles. The summed E-state index contributed by atoms with van der Waals surface area (Å²) >= 11 is 0. The predicted molar refractivity (Wildman–Crippen MR) is 59.3 cm³/mol. The molecule has 4 nitrogen and oxygen atoms in total. The van der Waals surface area contributed by atoms with Crippen molar-refractivity contribution in [3.05, 3.63) is 36.4 Å². The van der Waals surface area contributed by atoms with E-state index in [0.29, 0.717) is 11.1 Å². The Morgan fingerprint density at radius 1 is 1.19 bits per heavy atom. The summed E-state index contributed by atoms with van der Waals surface area (Å²) in [4.78, 5) is -0.118. The molecular formula is C10H10NNaO3S. The first kappa shape index (κ1) is 13.5. The molecular weight excluding hydrogens is 237 g/mol. The van der Waals surface area contributed by atoms with Gasteiger partial charge < -0.3 is 7.16 Å². The molecule has 2 rings (SSSR count). The van der Waals surface area contributed by atoms with Gasteiger partial charge in [0.2, 0.25) is 0 Å². The van der Waals surface area contributed by atoms with Gasteiger partial charge in [0, 0.05) is 11.1 Å². The number of hydrogen-bond donors (Lipinski definition) is 2. The Kier molecular flexibility index (Phi) is 3.98. The average Bonchev–Trinajstić information content (AvgIpc) is 2.15. The molecule has 2 aromatic rings. The quantitative estimate of drug-likeness (QED) is 0.376. The fourth-order valence-corrected chi connectivity index (χ4v) is 2.19. The third-order valence-corrected chi connectivity index (χ3v) is 3.06. The van der Waals surface area contributed by atoms with Crippen LogP contribution in [0.2, 0.25) is 0 Å². The van der Waals surface area contributed by atoms with Crippen LogP contribution in [0.15, 0.2) is 41.3 Å². The number of rotatable bonds is 1. The minimum Gasteiger partial charge on any atom is -1.00 e. The second-order valence-corrected chi connectivity index (χ2v) is 4.60. The zero-order chi connectivity index (χ0) is 11.1. The van der Waals surface area contributed by atoms with E-state index < -0.39 is 10.1 Å². The maximum Gasteiger partial charge on any atom is 1.00 e. The standard InChI is InChI=1S/C10H9NO3S.Na.H/c11-8-5-4-7-2-1-3-10(9(7)6-8)15(12,13)14;;/h1-6H,11H2,(H,12,13,14);;/q;+1;-1. The second kappa shape index (κ2) is 4.73. The fraction of sp³-hybridized carbons (Fsp3) is 0. The van der Waals surface area contributed by atoms with Gasteiger partial charge >= 0.3 is 29.6 Å². The topological polar surface area (TPSA) is 80.4 Å². The summed E-state index contributed by atoms with van der Waals surface area (Å²) in [6, 6.07) is 9.58. The van der Waals surface area contributed by atoms with Crippen LogP contribution >= 0.6 is 0 Å². The van der Waals surface area contributed by atoms with Crippen LogP contribution in [0.4, 0.5) is 5.69 Å². The first-order chi connectivity index (χ1) is 6.98. The molecule has 3 N–H and O–H groups in total. The monoisotopic (exact) mass is 247 g/mol. The summed E-state index contributed by atoms with van der Waals surface area (Å²) in [6.45, 7) is 0. The minimum atomic E-state index is -4.20. The maximum absolute atomic E-state index is 11.1. The number of hydrogen-bond acceptors (Lipinski definition) is 3. The molecule has 0 unspecified atom stereocenters. The van der Waals surface area contributed by atoms with E-state index in [4.69, 9.17) is 10.3 Å². The van der Waals surface area contributed by atoms with Crippen molar-refractivity contribution in [2.45, 2.75) is 4.90 Å². The second-order valence-electron chi connectivity index (χ2n) is 3.21. The van der Waals surface area contributed by atoms with Gasteiger partial charge in [0.05, 0.1) is 0 Å². The Hall–Kier alpha value is -0.590. The van der Waals surface area contributed by atoms with Crippen molar-refractivity contribution in [2.75, 3.05) is 5.73 Å². The van der Waals surface area contributed by atoms with Crippen molar-refractivity contribution in [1.29, 1.82) is 0 Å². The molecule has 0 heterocycles. The van der Waals surface area contributed by atoms with E-state index in [0.717, 1.165) is 5.39 Å². The molecule has 0 saturated heterocycles. The number of nitrogens with two attached hydrogens (primary N) is 1. The van der Waals surface area contributed by atoms with Crippen LogP contribution in [-0.2, 0) is 10.1 Å². The van der Waals surface area contributed by atoms with E-state index in [-0.39, 0.29) is 35.9 Å². The Balaban J connectivity index is 0.00000128. The van der Waals surface area contributed by atoms with Gasteiger partial charge in [-0.1, -0.05) is 18.2 Å². The van der Waals surface area contributed by atoms with Gasteiger partial charge in [-0.3, -0.25) is 4.55 Å². The molecule has 0 spiro atoms. The number of benzene rings is 2. The summed E-state index contributed by atoms with van der Waals surface area (Å²) in [5.41, 5.74) is 6.02. The summed E-state index contributed by atoms with van der Waals surface area (Å²) in [5, 5.41) is 1.15. The van der Waals surface area contributed by atoms with Crippen LogP contribution in [0.3, 0.4) is 0 Å². The van der Waals surface area contributed by atoms with Crippen LogP contribution < -0.4 is 35.3 Å². The van der Waals surface area contributed by atoms with Crippen LogP contribution in [0.25, 0.3) is 10.8 Å². The van der Waals surface area contributed by atoms with Gasteiger partial charge in [-0.05, 0) is 23.6 Å². The Morgan fingerprint density at radius 2 is 1.88 bits per heavy atom. The van der Waals surface area contributed by atoms with Crippen molar-refractivity contribution < 1.29 is 44.0 Å². The van der Waals surface area contributed by atoms with Gasteiger partial charge in [0.15, 0.2) is 0 Å². The number of fused-ring (bicyclic) bond motifs is 1. The van der Waals surface area contributed by atoms with Crippen molar-refractivity contribution in [2.24, 2.45) is 0 Å². The van der Waals surface area contributed by atoms with Crippen LogP contribution in [0.5, 0.6) is 0 Å². The molecule has 0 atom stereocenters. The van der Waals surface area contributed by atoms with Crippen molar-refractivity contribution in [3.63, 3.8) is 0 Å². The maximum atomic E-state index is 11.1. The van der Waals surface area contributed by atoms with Gasteiger partial charge in [-0.15, -0.1) is 0 Å². The van der Waals surface area contributed by atoms with E-state index in [1.165, 1.54) is 12.1 Å². The van der Waals surface area contributed by atoms with Gasteiger partial charge in [0.25, 0.3) is 10.1 Å². The molecule has 0 saturated carbocycles. The summed E-state index contributed by atoms with van der Waals surface area (Å²) in [6.07, 6.45) is 0. The van der Waals surface area contributed by atoms with Crippen molar-refractivity contribution >= 4 is 26.6 Å². The number of nitrogen functional groups attached to an aromatic ring is 1. The van der Waals surface area contributed by atoms with Gasteiger partial charge in [-0.2, -0.15) is 8.42 Å². The van der Waals surface area contributed by atoms with E-state index in [1.54, 1.807) is 24.3 Å². The van der Waals surface area contributed by atoms with Crippen LogP contribution in [-0.4, -0.2) is 13.0 Å². The first-order valence-corrected chi connectivity index (χ1v) is 5.68. The molecule has 0 fully saturated rings. The molecule has 0 bridgehead atoms. The van der Waals surface area contributed by atoms with E-state index in [9.17, 15) is 8.42 Å². The van der Waals surface area contributed by atoms with E-state index in [2.05, 4.69) is 0 Å². The number of anilines is 1. The molecule has 0 aliphatic carbocycles. The minimum absolute atomic E-state index is 0. The zero-order valence-corrected chi connectivity index (χ0v) is 11.5. The van der Waals surface area contributed by atoms with Crippen LogP contribution in [0, 0.1) is 0 Å². The van der Waals surface area contributed by atoms with Gasteiger partial charge in [0.1, 0.15) is 4.90 Å². The zero-order valence-electron chi connectivity index (χ0n) is 9.71. The largest absolute Gasteiger partial charge is 1.00 e. The molecule has 0 radical (unpaired) electrons. The third kappa shape index (κ3) is 2.56. The predicted octanol–water partition coefficient (Wildman–Crippen LogP) is -1.21. The third-order valence-electron chi connectivity index (χ3n) is 2.14. The van der Waals surface area contributed by atoms with Gasteiger partial charge in [-0.25, -0.2) is 0 Å². The molecule has 2 aromatic carbocycles.